The lowest BCUT2D eigenvalue weighted by Crippen LogP contribution is -2.49. The molecule has 3 heterocycles. The molecule has 2 aliphatic heterocycles. The Morgan fingerprint density at radius 1 is 1.36 bits per heavy atom. The lowest BCUT2D eigenvalue weighted by Gasteiger charge is -2.42. The van der Waals surface area contributed by atoms with Gasteiger partial charge in [-0.2, -0.15) is 0 Å². The number of carbonyl (C=O) groups is 1. The summed E-state index contributed by atoms with van der Waals surface area (Å²) in [4.78, 5) is 19.4. The summed E-state index contributed by atoms with van der Waals surface area (Å²) in [7, 11) is 0. The van der Waals surface area contributed by atoms with Crippen molar-refractivity contribution < 1.29 is 9.53 Å². The minimum Gasteiger partial charge on any atom is -0.381 e. The van der Waals surface area contributed by atoms with Crippen LogP contribution in [0.4, 0.5) is 0 Å². The van der Waals surface area contributed by atoms with Crippen LogP contribution in [-0.4, -0.2) is 40.1 Å². The molecule has 1 saturated heterocycles. The fourth-order valence-electron chi connectivity index (χ4n) is 3.55. The molecule has 2 aliphatic rings. The largest absolute Gasteiger partial charge is 0.381 e. The molecule has 1 fully saturated rings. The molecule has 122 valence electrons. The molecule has 5 heteroatoms. The van der Waals surface area contributed by atoms with Gasteiger partial charge in [0.25, 0.3) is 0 Å². The van der Waals surface area contributed by atoms with E-state index in [2.05, 4.69) is 35.2 Å². The SMILES string of the molecule is CCC(C)(C)C1C(=O)N(CC2CCOCC2)Cc2cncn21. The molecule has 0 N–H and O–H groups in total. The van der Waals surface area contributed by atoms with E-state index in [0.717, 1.165) is 44.7 Å². The normalized spacial score (nSPS) is 23.7. The first-order chi connectivity index (χ1) is 10.5. The standard InChI is InChI=1S/C17H27N3O2/c1-4-17(2,3)15-16(21)19(10-13-5-7-22-8-6-13)11-14-9-18-12-20(14)15/h9,12-13,15H,4-8,10-11H2,1-3H3. The van der Waals surface area contributed by atoms with Gasteiger partial charge in [-0.25, -0.2) is 4.98 Å². The maximum atomic E-state index is 13.1. The molecule has 3 rings (SSSR count). The molecule has 1 aromatic rings. The van der Waals surface area contributed by atoms with Crippen molar-refractivity contribution in [1.82, 2.24) is 14.5 Å². The van der Waals surface area contributed by atoms with Gasteiger partial charge in [0.1, 0.15) is 6.04 Å². The predicted octanol–water partition coefficient (Wildman–Crippen LogP) is 2.63. The van der Waals surface area contributed by atoms with E-state index in [1.807, 2.05) is 12.5 Å². The van der Waals surface area contributed by atoms with Crippen LogP contribution in [0.5, 0.6) is 0 Å². The summed E-state index contributed by atoms with van der Waals surface area (Å²) in [6.07, 6.45) is 6.81. The second kappa shape index (κ2) is 6.03. The molecule has 0 aromatic carbocycles. The molecule has 22 heavy (non-hydrogen) atoms. The van der Waals surface area contributed by atoms with E-state index in [4.69, 9.17) is 4.74 Å². The van der Waals surface area contributed by atoms with Crippen LogP contribution >= 0.6 is 0 Å². The number of hydrogen-bond acceptors (Lipinski definition) is 3. The number of imidazole rings is 1. The van der Waals surface area contributed by atoms with E-state index in [1.165, 1.54) is 0 Å². The van der Waals surface area contributed by atoms with Crippen LogP contribution < -0.4 is 0 Å². The Bertz CT molecular complexity index is 532. The highest BCUT2D eigenvalue weighted by atomic mass is 16.5. The molecule has 0 spiro atoms. The van der Waals surface area contributed by atoms with E-state index in [0.29, 0.717) is 12.5 Å². The quantitative estimate of drug-likeness (QED) is 0.859. The van der Waals surface area contributed by atoms with E-state index in [-0.39, 0.29) is 17.4 Å². The van der Waals surface area contributed by atoms with Crippen LogP contribution in [0.2, 0.25) is 0 Å². The third-order valence-electron chi connectivity index (χ3n) is 5.39. The van der Waals surface area contributed by atoms with E-state index < -0.39 is 0 Å². The monoisotopic (exact) mass is 305 g/mol. The number of amides is 1. The Balaban J connectivity index is 1.83. The van der Waals surface area contributed by atoms with Gasteiger partial charge in [0.15, 0.2) is 0 Å². The van der Waals surface area contributed by atoms with Gasteiger partial charge < -0.3 is 14.2 Å². The molecule has 0 radical (unpaired) electrons. The van der Waals surface area contributed by atoms with Crippen molar-refractivity contribution in [3.8, 4) is 0 Å². The highest BCUT2D eigenvalue weighted by Gasteiger charge is 2.42. The molecule has 1 unspecified atom stereocenters. The maximum Gasteiger partial charge on any atom is 0.246 e. The van der Waals surface area contributed by atoms with Gasteiger partial charge in [0.2, 0.25) is 5.91 Å². The van der Waals surface area contributed by atoms with Crippen LogP contribution in [0, 0.1) is 11.3 Å². The Hall–Kier alpha value is -1.36. The van der Waals surface area contributed by atoms with Crippen molar-refractivity contribution in [1.29, 1.82) is 0 Å². The van der Waals surface area contributed by atoms with Crippen molar-refractivity contribution in [2.75, 3.05) is 19.8 Å². The van der Waals surface area contributed by atoms with Crippen LogP contribution in [-0.2, 0) is 16.1 Å². The van der Waals surface area contributed by atoms with Crippen LogP contribution in [0.25, 0.3) is 0 Å². The summed E-state index contributed by atoms with van der Waals surface area (Å²) >= 11 is 0. The van der Waals surface area contributed by atoms with Gasteiger partial charge in [-0.1, -0.05) is 20.8 Å². The second-order valence-corrected chi connectivity index (χ2v) is 7.31. The lowest BCUT2D eigenvalue weighted by molar-refractivity contribution is -0.142. The highest BCUT2D eigenvalue weighted by Crippen LogP contribution is 2.39. The molecule has 0 bridgehead atoms. The van der Waals surface area contributed by atoms with Crippen LogP contribution in [0.15, 0.2) is 12.5 Å². The number of fused-ring (bicyclic) bond motifs is 1. The van der Waals surface area contributed by atoms with Gasteiger partial charge in [-0.15, -0.1) is 0 Å². The van der Waals surface area contributed by atoms with Crippen molar-refractivity contribution in [2.24, 2.45) is 11.3 Å². The van der Waals surface area contributed by atoms with Gasteiger partial charge in [-0.3, -0.25) is 4.79 Å². The third kappa shape index (κ3) is 2.78. The predicted molar refractivity (Wildman–Crippen MR) is 84.3 cm³/mol. The van der Waals surface area contributed by atoms with Crippen LogP contribution in [0.1, 0.15) is 51.8 Å². The van der Waals surface area contributed by atoms with Gasteiger partial charge in [0.05, 0.1) is 18.6 Å². The number of nitrogens with zero attached hydrogens (tertiary/aromatic N) is 3. The Morgan fingerprint density at radius 3 is 2.77 bits per heavy atom. The number of hydrogen-bond donors (Lipinski definition) is 0. The number of carbonyl (C=O) groups excluding carboxylic acids is 1. The lowest BCUT2D eigenvalue weighted by atomic mass is 9.80. The summed E-state index contributed by atoms with van der Waals surface area (Å²) < 4.78 is 7.52. The third-order valence-corrected chi connectivity index (χ3v) is 5.39. The molecule has 5 nitrogen and oxygen atoms in total. The van der Waals surface area contributed by atoms with Crippen LogP contribution in [0.3, 0.4) is 0 Å². The first kappa shape index (κ1) is 15.5. The molecule has 0 saturated carbocycles. The van der Waals surface area contributed by atoms with Gasteiger partial charge in [0, 0.05) is 26.0 Å². The van der Waals surface area contributed by atoms with E-state index in [9.17, 15) is 4.79 Å². The number of rotatable bonds is 4. The highest BCUT2D eigenvalue weighted by molar-refractivity contribution is 5.82. The summed E-state index contributed by atoms with van der Waals surface area (Å²) in [6, 6.07) is -0.136. The number of ether oxygens (including phenoxy) is 1. The maximum absolute atomic E-state index is 13.1. The number of aromatic nitrogens is 2. The zero-order valence-electron chi connectivity index (χ0n) is 13.9. The molecular formula is C17H27N3O2. The fourth-order valence-corrected chi connectivity index (χ4v) is 3.55. The summed E-state index contributed by atoms with van der Waals surface area (Å²) in [5.41, 5.74) is 1.08. The summed E-state index contributed by atoms with van der Waals surface area (Å²) in [5, 5.41) is 0. The van der Waals surface area contributed by atoms with E-state index in [1.54, 1.807) is 0 Å². The molecule has 1 amide bonds. The minimum atomic E-state index is -0.136. The van der Waals surface area contributed by atoms with Crippen molar-refractivity contribution in [2.45, 2.75) is 52.6 Å². The molecule has 1 atom stereocenters. The molecule has 0 aliphatic carbocycles. The summed E-state index contributed by atoms with van der Waals surface area (Å²) in [5.74, 6) is 0.821. The first-order valence-electron chi connectivity index (χ1n) is 8.40. The Morgan fingerprint density at radius 2 is 2.09 bits per heavy atom. The summed E-state index contributed by atoms with van der Waals surface area (Å²) in [6.45, 7) is 9.70. The average Bonchev–Trinajstić information content (AvgIpc) is 2.96. The van der Waals surface area contributed by atoms with Gasteiger partial charge >= 0.3 is 0 Å². The van der Waals surface area contributed by atoms with E-state index >= 15 is 0 Å². The smallest absolute Gasteiger partial charge is 0.246 e. The van der Waals surface area contributed by atoms with Crippen molar-refractivity contribution in [3.63, 3.8) is 0 Å². The zero-order chi connectivity index (χ0) is 15.7. The Kier molecular flexibility index (Phi) is 4.26. The van der Waals surface area contributed by atoms with Crippen molar-refractivity contribution >= 4 is 5.91 Å². The molecular weight excluding hydrogens is 278 g/mol. The topological polar surface area (TPSA) is 47.4 Å². The second-order valence-electron chi connectivity index (χ2n) is 7.31. The average molecular weight is 305 g/mol. The minimum absolute atomic E-state index is 0.0686. The fraction of sp³-hybridized carbons (Fsp3) is 0.765. The first-order valence-corrected chi connectivity index (χ1v) is 8.40. The zero-order valence-corrected chi connectivity index (χ0v) is 13.9. The van der Waals surface area contributed by atoms with Gasteiger partial charge in [-0.05, 0) is 30.6 Å². The Labute approximate surface area is 132 Å². The molecule has 1 aromatic heterocycles. The van der Waals surface area contributed by atoms with Crippen molar-refractivity contribution in [3.05, 3.63) is 18.2 Å².